The molecule has 0 saturated heterocycles. The standard InChI is InChI=1S/C19H13F2NO4S/c1-26-11-7-5-10(6-8-11)15-9-14(17(27-15)19(24)25)22-18(23)16-12(20)3-2-4-13(16)21/h2-9H,1H3,(H,22,23)(H,24,25). The van der Waals surface area contributed by atoms with Crippen LogP contribution in [0.4, 0.5) is 14.5 Å². The number of carbonyl (C=O) groups excluding carboxylic acids is 1. The van der Waals surface area contributed by atoms with E-state index in [0.29, 0.717) is 16.2 Å². The Labute approximate surface area is 156 Å². The topological polar surface area (TPSA) is 75.6 Å². The molecule has 1 heterocycles. The Bertz CT molecular complexity index is 995. The van der Waals surface area contributed by atoms with Crippen molar-refractivity contribution < 1.29 is 28.2 Å². The van der Waals surface area contributed by atoms with Crippen molar-refractivity contribution in [2.75, 3.05) is 12.4 Å². The lowest BCUT2D eigenvalue weighted by molar-refractivity contribution is 0.0703. The second kappa shape index (κ2) is 7.55. The summed E-state index contributed by atoms with van der Waals surface area (Å²) in [6, 6.07) is 11.4. The first kappa shape index (κ1) is 18.5. The molecule has 2 aromatic carbocycles. The lowest BCUT2D eigenvalue weighted by Gasteiger charge is -2.06. The van der Waals surface area contributed by atoms with Gasteiger partial charge in [-0.25, -0.2) is 13.6 Å². The Hall–Kier alpha value is -3.26. The van der Waals surface area contributed by atoms with Gasteiger partial charge in [0.2, 0.25) is 0 Å². The van der Waals surface area contributed by atoms with E-state index in [-0.39, 0.29) is 10.6 Å². The number of halogens is 2. The minimum atomic E-state index is -1.26. The third-order valence-electron chi connectivity index (χ3n) is 3.74. The molecule has 5 nitrogen and oxygen atoms in total. The summed E-state index contributed by atoms with van der Waals surface area (Å²) in [6.45, 7) is 0. The Kier molecular flexibility index (Phi) is 5.18. The van der Waals surface area contributed by atoms with Crippen molar-refractivity contribution in [2.24, 2.45) is 0 Å². The Morgan fingerprint density at radius 1 is 1.07 bits per heavy atom. The molecule has 27 heavy (non-hydrogen) atoms. The first-order valence-electron chi connectivity index (χ1n) is 7.67. The van der Waals surface area contributed by atoms with Crippen molar-refractivity contribution in [3.63, 3.8) is 0 Å². The predicted molar refractivity (Wildman–Crippen MR) is 97.6 cm³/mol. The van der Waals surface area contributed by atoms with Crippen molar-refractivity contribution in [3.8, 4) is 16.2 Å². The molecule has 0 radical (unpaired) electrons. The van der Waals surface area contributed by atoms with Gasteiger partial charge < -0.3 is 15.2 Å². The molecule has 0 spiro atoms. The normalized spacial score (nSPS) is 10.5. The van der Waals surface area contributed by atoms with E-state index >= 15 is 0 Å². The summed E-state index contributed by atoms with van der Waals surface area (Å²) in [6.07, 6.45) is 0. The molecular weight excluding hydrogens is 376 g/mol. The van der Waals surface area contributed by atoms with Crippen LogP contribution in [0.1, 0.15) is 20.0 Å². The summed E-state index contributed by atoms with van der Waals surface area (Å²) >= 11 is 0.937. The summed E-state index contributed by atoms with van der Waals surface area (Å²) in [4.78, 5) is 24.2. The molecule has 3 aromatic rings. The number of amides is 1. The van der Waals surface area contributed by atoms with Gasteiger partial charge in [0.15, 0.2) is 0 Å². The van der Waals surface area contributed by atoms with Gasteiger partial charge in [0.05, 0.1) is 12.8 Å². The molecule has 0 unspecified atom stereocenters. The number of hydrogen-bond acceptors (Lipinski definition) is 4. The van der Waals surface area contributed by atoms with E-state index in [4.69, 9.17) is 4.74 Å². The second-order valence-electron chi connectivity index (χ2n) is 5.44. The van der Waals surface area contributed by atoms with Crippen LogP contribution < -0.4 is 10.1 Å². The summed E-state index contributed by atoms with van der Waals surface area (Å²) < 4.78 is 32.6. The zero-order valence-corrected chi connectivity index (χ0v) is 14.8. The van der Waals surface area contributed by atoms with Crippen LogP contribution in [0.2, 0.25) is 0 Å². The highest BCUT2D eigenvalue weighted by molar-refractivity contribution is 7.18. The fourth-order valence-electron chi connectivity index (χ4n) is 2.44. The van der Waals surface area contributed by atoms with E-state index in [0.717, 1.165) is 29.5 Å². The predicted octanol–water partition coefficient (Wildman–Crippen LogP) is 4.65. The Balaban J connectivity index is 1.96. The number of thiophene rings is 1. The fraction of sp³-hybridized carbons (Fsp3) is 0.0526. The third-order valence-corrected chi connectivity index (χ3v) is 4.91. The number of hydrogen-bond donors (Lipinski definition) is 2. The molecule has 0 atom stereocenters. The number of aromatic carboxylic acids is 1. The number of methoxy groups -OCH3 is 1. The first-order valence-corrected chi connectivity index (χ1v) is 8.49. The maximum atomic E-state index is 13.8. The first-order chi connectivity index (χ1) is 12.9. The number of rotatable bonds is 5. The highest BCUT2D eigenvalue weighted by Crippen LogP contribution is 2.36. The molecule has 8 heteroatoms. The molecule has 0 fully saturated rings. The number of benzene rings is 2. The molecule has 1 amide bonds. The maximum absolute atomic E-state index is 13.8. The van der Waals surface area contributed by atoms with Crippen LogP contribution in [0.3, 0.4) is 0 Å². The van der Waals surface area contributed by atoms with Crippen LogP contribution in [-0.2, 0) is 0 Å². The quantitative estimate of drug-likeness (QED) is 0.666. The van der Waals surface area contributed by atoms with Gasteiger partial charge in [0.1, 0.15) is 27.8 Å². The van der Waals surface area contributed by atoms with E-state index in [2.05, 4.69) is 5.32 Å². The van der Waals surface area contributed by atoms with Crippen molar-refractivity contribution in [1.29, 1.82) is 0 Å². The van der Waals surface area contributed by atoms with Gasteiger partial charge in [0.25, 0.3) is 5.91 Å². The van der Waals surface area contributed by atoms with Gasteiger partial charge in [-0.05, 0) is 48.0 Å². The number of carboxylic acid groups (broad SMARTS) is 1. The lowest BCUT2D eigenvalue weighted by atomic mass is 10.1. The molecule has 0 saturated carbocycles. The van der Waals surface area contributed by atoms with Crippen LogP contribution in [0, 0.1) is 11.6 Å². The van der Waals surface area contributed by atoms with Crippen LogP contribution in [0.5, 0.6) is 5.75 Å². The second-order valence-corrected chi connectivity index (χ2v) is 6.49. The minimum Gasteiger partial charge on any atom is -0.497 e. The number of nitrogens with one attached hydrogen (secondary N) is 1. The number of ether oxygens (including phenoxy) is 1. The average Bonchev–Trinajstić information content (AvgIpc) is 3.05. The Morgan fingerprint density at radius 3 is 2.26 bits per heavy atom. The average molecular weight is 389 g/mol. The van der Waals surface area contributed by atoms with Crippen LogP contribution >= 0.6 is 11.3 Å². The van der Waals surface area contributed by atoms with Crippen molar-refractivity contribution in [1.82, 2.24) is 0 Å². The van der Waals surface area contributed by atoms with E-state index in [9.17, 15) is 23.5 Å². The summed E-state index contributed by atoms with van der Waals surface area (Å²) in [5.74, 6) is -3.75. The van der Waals surface area contributed by atoms with Gasteiger partial charge in [-0.3, -0.25) is 4.79 Å². The van der Waals surface area contributed by atoms with E-state index in [1.54, 1.807) is 24.3 Å². The zero-order valence-electron chi connectivity index (χ0n) is 14.0. The monoisotopic (exact) mass is 389 g/mol. The van der Waals surface area contributed by atoms with Crippen molar-refractivity contribution in [3.05, 3.63) is 70.6 Å². The number of carbonyl (C=O) groups is 2. The molecule has 138 valence electrons. The molecule has 0 aliphatic rings. The number of anilines is 1. The van der Waals surface area contributed by atoms with E-state index in [1.165, 1.54) is 13.2 Å². The number of carboxylic acids is 1. The fourth-order valence-corrected chi connectivity index (χ4v) is 3.40. The largest absolute Gasteiger partial charge is 0.497 e. The highest BCUT2D eigenvalue weighted by Gasteiger charge is 2.22. The van der Waals surface area contributed by atoms with Crippen LogP contribution in [0.25, 0.3) is 10.4 Å². The van der Waals surface area contributed by atoms with Gasteiger partial charge in [-0.1, -0.05) is 6.07 Å². The molecule has 1 aromatic heterocycles. The minimum absolute atomic E-state index is 0.0361. The molecule has 3 rings (SSSR count). The van der Waals surface area contributed by atoms with Crippen LogP contribution in [0.15, 0.2) is 48.5 Å². The van der Waals surface area contributed by atoms with Gasteiger partial charge in [-0.15, -0.1) is 11.3 Å². The van der Waals surface area contributed by atoms with Crippen molar-refractivity contribution >= 4 is 28.9 Å². The summed E-state index contributed by atoms with van der Waals surface area (Å²) in [7, 11) is 1.53. The van der Waals surface area contributed by atoms with E-state index < -0.39 is 29.1 Å². The van der Waals surface area contributed by atoms with Crippen LogP contribution in [-0.4, -0.2) is 24.1 Å². The Morgan fingerprint density at radius 2 is 1.70 bits per heavy atom. The van der Waals surface area contributed by atoms with Crippen molar-refractivity contribution in [2.45, 2.75) is 0 Å². The zero-order chi connectivity index (χ0) is 19.6. The SMILES string of the molecule is COc1ccc(-c2cc(NC(=O)c3c(F)cccc3F)c(C(=O)O)s2)cc1. The van der Waals surface area contributed by atoms with Gasteiger partial charge >= 0.3 is 5.97 Å². The smallest absolute Gasteiger partial charge is 0.348 e. The molecule has 2 N–H and O–H groups in total. The third kappa shape index (κ3) is 3.80. The molecule has 0 bridgehead atoms. The maximum Gasteiger partial charge on any atom is 0.348 e. The van der Waals surface area contributed by atoms with Gasteiger partial charge in [-0.2, -0.15) is 0 Å². The molecular formula is C19H13F2NO4S. The summed E-state index contributed by atoms with van der Waals surface area (Å²) in [5, 5.41) is 11.7. The van der Waals surface area contributed by atoms with Gasteiger partial charge in [0, 0.05) is 4.88 Å². The van der Waals surface area contributed by atoms with E-state index in [1.807, 2.05) is 0 Å². The highest BCUT2D eigenvalue weighted by atomic mass is 32.1. The molecule has 0 aliphatic heterocycles. The lowest BCUT2D eigenvalue weighted by Crippen LogP contribution is -2.16. The summed E-state index contributed by atoms with van der Waals surface area (Å²) in [5.41, 5.74) is -0.0992. The molecule has 0 aliphatic carbocycles.